The van der Waals surface area contributed by atoms with Crippen molar-refractivity contribution in [1.29, 1.82) is 5.41 Å². The second-order valence-electron chi connectivity index (χ2n) is 10.1. The van der Waals surface area contributed by atoms with Crippen LogP contribution in [0.2, 0.25) is 0 Å². The predicted octanol–water partition coefficient (Wildman–Crippen LogP) is 2.46. The molecular formula is C28H27F3N6O5S. The Morgan fingerprint density at radius 3 is 2.58 bits per heavy atom. The van der Waals surface area contributed by atoms with E-state index in [1.54, 1.807) is 18.4 Å². The second kappa shape index (κ2) is 12.1. The van der Waals surface area contributed by atoms with Crippen LogP contribution in [0.3, 0.4) is 0 Å². The highest BCUT2D eigenvalue weighted by Gasteiger charge is 2.52. The van der Waals surface area contributed by atoms with Gasteiger partial charge in [0.1, 0.15) is 23.5 Å². The van der Waals surface area contributed by atoms with Gasteiger partial charge in [-0.25, -0.2) is 18.2 Å². The minimum atomic E-state index is -1.17. The first kappa shape index (κ1) is 30.1. The summed E-state index contributed by atoms with van der Waals surface area (Å²) in [4.78, 5) is 45.1. The number of ether oxygens (including phenoxy) is 2. The first-order valence-electron chi connectivity index (χ1n) is 13.2. The maximum Gasteiger partial charge on any atom is 0.273 e. The van der Waals surface area contributed by atoms with Gasteiger partial charge in [-0.1, -0.05) is 0 Å². The monoisotopic (exact) mass is 616 g/mol. The average Bonchev–Trinajstić information content (AvgIpc) is 3.72. The Hall–Kier alpha value is -4.34. The quantitative estimate of drug-likeness (QED) is 0.224. The number of hydrogen-bond donors (Lipinski definition) is 4. The van der Waals surface area contributed by atoms with E-state index in [-0.39, 0.29) is 43.1 Å². The molecule has 0 unspecified atom stereocenters. The topological polar surface area (TPSA) is 160 Å². The number of carbonyl (C=O) groups excluding carboxylic acids is 3. The van der Waals surface area contributed by atoms with Crippen molar-refractivity contribution in [2.24, 2.45) is 5.73 Å². The molecule has 2 aromatic heterocycles. The fourth-order valence-electron chi connectivity index (χ4n) is 4.96. The van der Waals surface area contributed by atoms with Crippen molar-refractivity contribution in [3.8, 4) is 11.1 Å². The molecule has 2 saturated heterocycles. The lowest BCUT2D eigenvalue weighted by molar-refractivity contribution is -0.152. The molecule has 4 heterocycles. The number of benzene rings is 1. The largest absolute Gasteiger partial charge is 0.384 e. The molecule has 3 aromatic rings. The van der Waals surface area contributed by atoms with Crippen LogP contribution in [-0.2, 0) is 19.1 Å². The number of hydrogen-bond acceptors (Lipinski definition) is 8. The molecule has 2 fully saturated rings. The number of pyridine rings is 1. The minimum Gasteiger partial charge on any atom is -0.384 e. The van der Waals surface area contributed by atoms with Crippen LogP contribution in [0.1, 0.15) is 40.3 Å². The smallest absolute Gasteiger partial charge is 0.273 e. The van der Waals surface area contributed by atoms with E-state index >= 15 is 0 Å². The third-order valence-electron chi connectivity index (χ3n) is 7.14. The highest BCUT2D eigenvalue weighted by atomic mass is 32.1. The van der Waals surface area contributed by atoms with Crippen LogP contribution in [0, 0.1) is 22.9 Å². The Kier molecular flexibility index (Phi) is 8.48. The molecule has 0 radical (unpaired) electrons. The summed E-state index contributed by atoms with van der Waals surface area (Å²) in [6.45, 7) is 1.68. The van der Waals surface area contributed by atoms with Crippen LogP contribution in [0.5, 0.6) is 0 Å². The zero-order chi connectivity index (χ0) is 30.9. The van der Waals surface area contributed by atoms with Crippen molar-refractivity contribution in [2.45, 2.75) is 31.2 Å². The van der Waals surface area contributed by atoms with Crippen molar-refractivity contribution in [2.75, 3.05) is 26.3 Å². The lowest BCUT2D eigenvalue weighted by Crippen LogP contribution is -2.49. The van der Waals surface area contributed by atoms with Gasteiger partial charge in [-0.2, -0.15) is 0 Å². The molecule has 2 aliphatic heterocycles. The molecule has 1 spiro atoms. The highest BCUT2D eigenvalue weighted by Crippen LogP contribution is 2.35. The zero-order valence-electron chi connectivity index (χ0n) is 22.8. The third-order valence-corrected chi connectivity index (χ3v) is 8.26. The fourth-order valence-corrected chi connectivity index (χ4v) is 5.88. The normalized spacial score (nSPS) is 18.0. The number of amidine groups is 1. The Balaban J connectivity index is 1.25. The lowest BCUT2D eigenvalue weighted by atomic mass is 10.1. The maximum absolute atomic E-state index is 14.8. The molecule has 2 atom stereocenters. The molecule has 0 aliphatic carbocycles. The van der Waals surface area contributed by atoms with Gasteiger partial charge in [-0.15, -0.1) is 11.3 Å². The summed E-state index contributed by atoms with van der Waals surface area (Å²) in [5, 5.41) is 14.5. The second-order valence-corrected chi connectivity index (χ2v) is 11.0. The predicted molar refractivity (Wildman–Crippen MR) is 149 cm³/mol. The lowest BCUT2D eigenvalue weighted by Gasteiger charge is -2.25. The molecule has 0 saturated carbocycles. The number of carbonyl (C=O) groups is 3. The van der Waals surface area contributed by atoms with Crippen molar-refractivity contribution in [3.05, 3.63) is 75.5 Å². The molecule has 43 heavy (non-hydrogen) atoms. The molecule has 5 rings (SSSR count). The zero-order valence-corrected chi connectivity index (χ0v) is 23.6. The Bertz CT molecular complexity index is 1590. The number of thiophene rings is 1. The van der Waals surface area contributed by atoms with Crippen LogP contribution in [0.25, 0.3) is 11.1 Å². The fraction of sp³-hybridized carbons (Fsp3) is 0.321. The summed E-state index contributed by atoms with van der Waals surface area (Å²) >= 11 is 1.32. The van der Waals surface area contributed by atoms with Gasteiger partial charge in [0.05, 0.1) is 32.3 Å². The van der Waals surface area contributed by atoms with Crippen LogP contribution >= 0.6 is 11.3 Å². The van der Waals surface area contributed by atoms with E-state index in [9.17, 15) is 27.6 Å². The van der Waals surface area contributed by atoms with Gasteiger partial charge in [0, 0.05) is 45.6 Å². The van der Waals surface area contributed by atoms with Crippen molar-refractivity contribution in [3.63, 3.8) is 0 Å². The first-order valence-corrected chi connectivity index (χ1v) is 14.0. The Labute approximate surface area is 247 Å². The molecule has 0 bridgehead atoms. The summed E-state index contributed by atoms with van der Waals surface area (Å²) in [6.07, 6.45) is 1.12. The van der Waals surface area contributed by atoms with Crippen LogP contribution < -0.4 is 16.4 Å². The number of amides is 3. The van der Waals surface area contributed by atoms with E-state index in [0.29, 0.717) is 11.6 Å². The van der Waals surface area contributed by atoms with Gasteiger partial charge in [0.15, 0.2) is 17.3 Å². The summed E-state index contributed by atoms with van der Waals surface area (Å²) in [7, 11) is 0. The number of likely N-dealkylation sites (tertiary alicyclic amines) is 1. The molecule has 226 valence electrons. The Morgan fingerprint density at radius 2 is 1.93 bits per heavy atom. The SMILES string of the molecule is C[C@@H](NC(=O)[C@@H]1CC2(CN1C(=O)CNC(=O)c1ncc(-c3ccc(F)cc3F)cc1F)OCCO2)c1cc(C(=N)N)cs1. The first-order chi connectivity index (χ1) is 20.5. The Morgan fingerprint density at radius 1 is 1.19 bits per heavy atom. The van der Waals surface area contributed by atoms with Gasteiger partial charge in [-0.05, 0) is 31.2 Å². The molecular weight excluding hydrogens is 589 g/mol. The summed E-state index contributed by atoms with van der Waals surface area (Å²) < 4.78 is 53.6. The van der Waals surface area contributed by atoms with Gasteiger partial charge >= 0.3 is 0 Å². The summed E-state index contributed by atoms with van der Waals surface area (Å²) in [5.74, 6) is -6.19. The van der Waals surface area contributed by atoms with Crippen LogP contribution in [0.15, 0.2) is 41.9 Å². The van der Waals surface area contributed by atoms with Gasteiger partial charge in [0.2, 0.25) is 11.8 Å². The van der Waals surface area contributed by atoms with Crippen LogP contribution in [0.4, 0.5) is 13.2 Å². The number of rotatable bonds is 8. The number of nitrogen functional groups attached to an aromatic ring is 1. The standard InChI is InChI=1S/C28H27F3N6O5S/c1-14(22-7-16(12-43-22)25(32)33)36-26(39)21-9-28(41-4-5-42-28)13-37(21)23(38)11-35-27(40)24-20(31)6-15(10-34-24)18-3-2-17(29)8-19(18)30/h2-3,6-8,10,12,14,21H,4-5,9,11,13H2,1H3,(H3,32,33)(H,35,40)(H,36,39)/t14-,21+/m1/s1. The van der Waals surface area contributed by atoms with Gasteiger partial charge < -0.3 is 30.7 Å². The minimum absolute atomic E-state index is 0.00953. The van der Waals surface area contributed by atoms with Gasteiger partial charge in [0.25, 0.3) is 5.91 Å². The number of nitrogens with one attached hydrogen (secondary N) is 3. The van der Waals surface area contributed by atoms with Crippen molar-refractivity contribution < 1.29 is 37.0 Å². The number of nitrogens with two attached hydrogens (primary N) is 1. The molecule has 1 aromatic carbocycles. The number of nitrogens with zero attached hydrogens (tertiary/aromatic N) is 2. The van der Waals surface area contributed by atoms with Crippen molar-refractivity contribution in [1.82, 2.24) is 20.5 Å². The van der Waals surface area contributed by atoms with E-state index in [4.69, 9.17) is 20.6 Å². The number of halogens is 3. The van der Waals surface area contributed by atoms with E-state index in [1.165, 1.54) is 16.2 Å². The van der Waals surface area contributed by atoms with E-state index in [2.05, 4.69) is 15.6 Å². The third kappa shape index (κ3) is 6.38. The van der Waals surface area contributed by atoms with E-state index < -0.39 is 65.3 Å². The molecule has 5 N–H and O–H groups in total. The molecule has 2 aliphatic rings. The molecule has 3 amide bonds. The highest BCUT2D eigenvalue weighted by molar-refractivity contribution is 7.10. The average molecular weight is 617 g/mol. The van der Waals surface area contributed by atoms with Crippen molar-refractivity contribution >= 4 is 34.9 Å². The van der Waals surface area contributed by atoms with Gasteiger partial charge in [-0.3, -0.25) is 19.8 Å². The van der Waals surface area contributed by atoms with E-state index in [1.807, 2.05) is 0 Å². The van der Waals surface area contributed by atoms with E-state index in [0.717, 1.165) is 29.3 Å². The number of aromatic nitrogens is 1. The molecule has 11 nitrogen and oxygen atoms in total. The van der Waals surface area contributed by atoms with Crippen LogP contribution in [-0.4, -0.2) is 71.6 Å². The summed E-state index contributed by atoms with van der Waals surface area (Å²) in [5.41, 5.74) is 5.31. The molecule has 15 heteroatoms. The maximum atomic E-state index is 14.8. The summed E-state index contributed by atoms with van der Waals surface area (Å²) in [6, 6.07) is 3.91.